The molecule has 26 heavy (non-hydrogen) atoms. The summed E-state index contributed by atoms with van der Waals surface area (Å²) in [5.74, 6) is 0. The molecular weight excluding hydrogens is 328 g/mol. The Balaban J connectivity index is 0.000000185. The Morgan fingerprint density at radius 2 is 1.96 bits per heavy atom. The minimum Gasteiger partial charge on any atom is -0.380 e. The van der Waals surface area contributed by atoms with E-state index in [2.05, 4.69) is 4.98 Å². The van der Waals surface area contributed by atoms with Crippen LogP contribution in [0, 0.1) is 0 Å². The average molecular weight is 350 g/mol. The number of carbonyl (C=O) groups is 2. The quantitative estimate of drug-likeness (QED) is 0.734. The van der Waals surface area contributed by atoms with Gasteiger partial charge >= 0.3 is 0 Å². The van der Waals surface area contributed by atoms with Gasteiger partial charge in [-0.25, -0.2) is 0 Å². The van der Waals surface area contributed by atoms with Gasteiger partial charge in [-0.3, -0.25) is 9.59 Å². The van der Waals surface area contributed by atoms with Crippen molar-refractivity contribution >= 4 is 23.6 Å². The van der Waals surface area contributed by atoms with Gasteiger partial charge in [0.05, 0.1) is 6.61 Å². The van der Waals surface area contributed by atoms with Crippen LogP contribution in [0.5, 0.6) is 0 Å². The zero-order valence-electron chi connectivity index (χ0n) is 14.8. The molecule has 2 heterocycles. The first-order chi connectivity index (χ1) is 12.7. The number of H-pyrrole nitrogens is 1. The highest BCUT2D eigenvalue weighted by atomic mass is 16.5. The molecule has 3 aromatic rings. The van der Waals surface area contributed by atoms with Crippen LogP contribution in [0.25, 0.3) is 10.9 Å². The van der Waals surface area contributed by atoms with E-state index in [0.717, 1.165) is 42.1 Å². The van der Waals surface area contributed by atoms with E-state index < -0.39 is 0 Å². The van der Waals surface area contributed by atoms with Gasteiger partial charge in [0, 0.05) is 54.3 Å². The highest BCUT2D eigenvalue weighted by Gasteiger charge is 2.19. The normalized spacial score (nSPS) is 12.9. The van der Waals surface area contributed by atoms with Gasteiger partial charge < -0.3 is 14.6 Å². The zero-order valence-corrected chi connectivity index (χ0v) is 14.8. The van der Waals surface area contributed by atoms with Crippen molar-refractivity contribution < 1.29 is 14.3 Å². The average Bonchev–Trinajstić information content (AvgIpc) is 3.06. The summed E-state index contributed by atoms with van der Waals surface area (Å²) in [5.41, 5.74) is 5.25. The first kappa shape index (κ1) is 17.9. The number of amides is 1. The summed E-state index contributed by atoms with van der Waals surface area (Å²) in [6.45, 7) is 2.09. The fourth-order valence-corrected chi connectivity index (χ4v) is 3.16. The van der Waals surface area contributed by atoms with Gasteiger partial charge in [0.15, 0.2) is 0 Å². The third kappa shape index (κ3) is 4.00. The van der Waals surface area contributed by atoms with Crippen LogP contribution < -0.4 is 0 Å². The molecule has 2 aromatic carbocycles. The monoisotopic (exact) mass is 350 g/mol. The first-order valence-corrected chi connectivity index (χ1v) is 8.56. The molecule has 0 spiro atoms. The summed E-state index contributed by atoms with van der Waals surface area (Å²) in [6, 6.07) is 15.7. The standard InChI is InChI=1S/C13H12N2O2.C8H10O/c16-7-9-1-2-12-10(5-9)11-6-15(8-17)4-3-13(11)14-12;1-9-7-8-5-3-2-4-6-8/h1-2,5,7-8,14H,3-4,6H2;2-6H,7H2,1H3. The fraction of sp³-hybridized carbons (Fsp3) is 0.238. The third-order valence-corrected chi connectivity index (χ3v) is 4.47. The molecule has 0 saturated carbocycles. The molecule has 0 atom stereocenters. The first-order valence-electron chi connectivity index (χ1n) is 8.56. The molecule has 5 nitrogen and oxygen atoms in total. The lowest BCUT2D eigenvalue weighted by Gasteiger charge is -2.22. The molecule has 4 rings (SSSR count). The maximum atomic E-state index is 10.8. The van der Waals surface area contributed by atoms with E-state index >= 15 is 0 Å². The predicted molar refractivity (Wildman–Crippen MR) is 101 cm³/mol. The lowest BCUT2D eigenvalue weighted by atomic mass is 10.0. The van der Waals surface area contributed by atoms with Gasteiger partial charge in [-0.15, -0.1) is 0 Å². The number of carbonyl (C=O) groups excluding carboxylic acids is 2. The molecule has 1 aromatic heterocycles. The van der Waals surface area contributed by atoms with Crippen molar-refractivity contribution in [2.24, 2.45) is 0 Å². The molecule has 5 heteroatoms. The summed E-state index contributed by atoms with van der Waals surface area (Å²) in [6.07, 6.45) is 2.57. The number of aromatic nitrogens is 1. The number of hydrogen-bond donors (Lipinski definition) is 1. The molecule has 0 aliphatic carbocycles. The van der Waals surface area contributed by atoms with E-state index in [9.17, 15) is 9.59 Å². The number of nitrogens with zero attached hydrogens (tertiary/aromatic N) is 1. The van der Waals surface area contributed by atoms with Crippen LogP contribution in [0.4, 0.5) is 0 Å². The van der Waals surface area contributed by atoms with Crippen molar-refractivity contribution in [1.82, 2.24) is 9.88 Å². The molecule has 0 saturated heterocycles. The largest absolute Gasteiger partial charge is 0.380 e. The second kappa shape index (κ2) is 8.45. The molecule has 0 fully saturated rings. The van der Waals surface area contributed by atoms with Crippen molar-refractivity contribution in [3.8, 4) is 0 Å². The molecule has 0 radical (unpaired) electrons. The SMILES string of the molecule is COCc1ccccc1.O=Cc1ccc2[nH]c3c(c2c1)CN(C=O)CC3. The number of aromatic amines is 1. The maximum absolute atomic E-state index is 10.8. The van der Waals surface area contributed by atoms with Crippen molar-refractivity contribution in [2.75, 3.05) is 13.7 Å². The van der Waals surface area contributed by atoms with E-state index in [1.165, 1.54) is 11.3 Å². The van der Waals surface area contributed by atoms with Crippen LogP contribution >= 0.6 is 0 Å². The number of nitrogens with one attached hydrogen (secondary N) is 1. The number of hydrogen-bond acceptors (Lipinski definition) is 3. The topological polar surface area (TPSA) is 62.4 Å². The molecule has 1 amide bonds. The van der Waals surface area contributed by atoms with E-state index in [1.807, 2.05) is 42.5 Å². The smallest absolute Gasteiger partial charge is 0.210 e. The molecule has 0 bridgehead atoms. The molecule has 1 aliphatic rings. The number of aldehydes is 1. The molecule has 0 unspecified atom stereocenters. The number of fused-ring (bicyclic) bond motifs is 3. The molecule has 134 valence electrons. The number of rotatable bonds is 4. The van der Waals surface area contributed by atoms with Crippen LogP contribution in [0.3, 0.4) is 0 Å². The lowest BCUT2D eigenvalue weighted by Crippen LogP contribution is -2.28. The summed E-state index contributed by atoms with van der Waals surface area (Å²) in [7, 11) is 1.70. The summed E-state index contributed by atoms with van der Waals surface area (Å²) >= 11 is 0. The highest BCUT2D eigenvalue weighted by Crippen LogP contribution is 2.27. The zero-order chi connectivity index (χ0) is 18.4. The Morgan fingerprint density at radius 1 is 1.15 bits per heavy atom. The van der Waals surface area contributed by atoms with Crippen LogP contribution in [-0.2, 0) is 29.1 Å². The van der Waals surface area contributed by atoms with E-state index in [0.29, 0.717) is 18.7 Å². The van der Waals surface area contributed by atoms with Crippen molar-refractivity contribution in [3.63, 3.8) is 0 Å². The van der Waals surface area contributed by atoms with E-state index in [4.69, 9.17) is 4.74 Å². The summed E-state index contributed by atoms with van der Waals surface area (Å²) < 4.78 is 4.93. The summed E-state index contributed by atoms with van der Waals surface area (Å²) in [5, 5.41) is 1.05. The molecular formula is C21H22N2O3. The number of methoxy groups -OCH3 is 1. The predicted octanol–water partition coefficient (Wildman–Crippen LogP) is 3.33. The van der Waals surface area contributed by atoms with Crippen LogP contribution in [0.2, 0.25) is 0 Å². The number of ether oxygens (including phenoxy) is 1. The Labute approximate surface area is 152 Å². The minimum absolute atomic E-state index is 0.626. The third-order valence-electron chi connectivity index (χ3n) is 4.47. The van der Waals surface area contributed by atoms with Gasteiger partial charge in [0.25, 0.3) is 0 Å². The summed E-state index contributed by atoms with van der Waals surface area (Å²) in [4.78, 5) is 26.7. The molecule has 1 N–H and O–H groups in total. The highest BCUT2D eigenvalue weighted by molar-refractivity contribution is 5.90. The van der Waals surface area contributed by atoms with Crippen LogP contribution in [0.1, 0.15) is 27.2 Å². The van der Waals surface area contributed by atoms with Gasteiger partial charge in [-0.2, -0.15) is 0 Å². The Bertz CT molecular complexity index is 887. The van der Waals surface area contributed by atoms with Crippen molar-refractivity contribution in [3.05, 3.63) is 70.9 Å². The van der Waals surface area contributed by atoms with E-state index in [1.54, 1.807) is 18.1 Å². The maximum Gasteiger partial charge on any atom is 0.210 e. The van der Waals surface area contributed by atoms with Gasteiger partial charge in [0.1, 0.15) is 6.29 Å². The van der Waals surface area contributed by atoms with Crippen molar-refractivity contribution in [2.45, 2.75) is 19.6 Å². The van der Waals surface area contributed by atoms with Gasteiger partial charge in [-0.1, -0.05) is 30.3 Å². The van der Waals surface area contributed by atoms with Gasteiger partial charge in [-0.05, 0) is 23.8 Å². The number of benzene rings is 2. The minimum atomic E-state index is 0.626. The molecule has 1 aliphatic heterocycles. The van der Waals surface area contributed by atoms with E-state index in [-0.39, 0.29) is 0 Å². The second-order valence-corrected chi connectivity index (χ2v) is 6.25. The fourth-order valence-electron chi connectivity index (χ4n) is 3.16. The van der Waals surface area contributed by atoms with Crippen molar-refractivity contribution in [1.29, 1.82) is 0 Å². The second-order valence-electron chi connectivity index (χ2n) is 6.25. The Hall–Kier alpha value is -2.92. The van der Waals surface area contributed by atoms with Crippen LogP contribution in [0.15, 0.2) is 48.5 Å². The van der Waals surface area contributed by atoms with Crippen LogP contribution in [-0.4, -0.2) is 36.2 Å². The Morgan fingerprint density at radius 3 is 2.65 bits per heavy atom. The Kier molecular flexibility index (Phi) is 5.81. The lowest BCUT2D eigenvalue weighted by molar-refractivity contribution is -0.118. The van der Waals surface area contributed by atoms with Gasteiger partial charge in [0.2, 0.25) is 6.41 Å².